The van der Waals surface area contributed by atoms with Gasteiger partial charge in [-0.3, -0.25) is 9.59 Å². The zero-order valence-electron chi connectivity index (χ0n) is 16.9. The Kier molecular flexibility index (Phi) is 6.99. The molecule has 0 spiro atoms. The maximum absolute atomic E-state index is 13.0. The quantitative estimate of drug-likeness (QED) is 0.522. The van der Waals surface area contributed by atoms with Crippen LogP contribution in [0.4, 0.5) is 0 Å². The standard InChI is InChI=1S/C21H29N3O3S/c1-4-27-20(26)16-9-11-23(12-10-16)19(25)13-24-18-8-6-5-7-17(18)22-21(24)28-14-15(2)3/h5-8,15-16H,4,9-14H2,1-3H3. The van der Waals surface area contributed by atoms with Gasteiger partial charge in [0.2, 0.25) is 5.91 Å². The van der Waals surface area contributed by atoms with E-state index in [1.165, 1.54) is 0 Å². The number of aromatic nitrogens is 2. The summed E-state index contributed by atoms with van der Waals surface area (Å²) in [4.78, 5) is 31.5. The van der Waals surface area contributed by atoms with Crippen LogP contribution in [0.25, 0.3) is 11.0 Å². The van der Waals surface area contributed by atoms with Crippen molar-refractivity contribution >= 4 is 34.7 Å². The van der Waals surface area contributed by atoms with Crippen LogP contribution < -0.4 is 0 Å². The van der Waals surface area contributed by atoms with Crippen molar-refractivity contribution in [3.05, 3.63) is 24.3 Å². The lowest BCUT2D eigenvalue weighted by atomic mass is 9.97. The Morgan fingerprint density at radius 3 is 2.64 bits per heavy atom. The van der Waals surface area contributed by atoms with Crippen LogP contribution >= 0.6 is 11.8 Å². The minimum Gasteiger partial charge on any atom is -0.466 e. The first kappa shape index (κ1) is 20.7. The molecule has 28 heavy (non-hydrogen) atoms. The number of piperidine rings is 1. The predicted octanol–water partition coefficient (Wildman–Crippen LogP) is 3.59. The molecule has 0 unspecified atom stereocenters. The topological polar surface area (TPSA) is 64.4 Å². The zero-order chi connectivity index (χ0) is 20.1. The van der Waals surface area contributed by atoms with E-state index in [1.54, 1.807) is 11.8 Å². The number of likely N-dealkylation sites (tertiary alicyclic amines) is 1. The second-order valence-electron chi connectivity index (χ2n) is 7.58. The molecule has 6 nitrogen and oxygen atoms in total. The van der Waals surface area contributed by atoms with E-state index >= 15 is 0 Å². The van der Waals surface area contributed by atoms with Gasteiger partial charge in [-0.15, -0.1) is 0 Å². The summed E-state index contributed by atoms with van der Waals surface area (Å²) in [7, 11) is 0. The Hall–Kier alpha value is -2.02. The third-order valence-corrected chi connectivity index (χ3v) is 6.33. The van der Waals surface area contributed by atoms with E-state index in [0.29, 0.717) is 38.5 Å². The number of amides is 1. The van der Waals surface area contributed by atoms with E-state index in [9.17, 15) is 9.59 Å². The number of esters is 1. The molecule has 152 valence electrons. The van der Waals surface area contributed by atoms with Gasteiger partial charge in [-0.25, -0.2) is 4.98 Å². The summed E-state index contributed by atoms with van der Waals surface area (Å²) in [5, 5.41) is 0.893. The van der Waals surface area contributed by atoms with Crippen LogP contribution in [0.15, 0.2) is 29.4 Å². The van der Waals surface area contributed by atoms with E-state index in [0.717, 1.165) is 21.9 Å². The monoisotopic (exact) mass is 403 g/mol. The van der Waals surface area contributed by atoms with Crippen molar-refractivity contribution in [2.75, 3.05) is 25.4 Å². The maximum atomic E-state index is 13.0. The van der Waals surface area contributed by atoms with Gasteiger partial charge in [0, 0.05) is 18.8 Å². The maximum Gasteiger partial charge on any atom is 0.309 e. The number of fused-ring (bicyclic) bond motifs is 1. The van der Waals surface area contributed by atoms with Gasteiger partial charge in [-0.1, -0.05) is 37.7 Å². The number of hydrogen-bond donors (Lipinski definition) is 0. The summed E-state index contributed by atoms with van der Waals surface area (Å²) in [5.74, 6) is 1.37. The number of hydrogen-bond acceptors (Lipinski definition) is 5. The molecule has 1 saturated heterocycles. The van der Waals surface area contributed by atoms with Crippen LogP contribution in [0.5, 0.6) is 0 Å². The highest BCUT2D eigenvalue weighted by Gasteiger charge is 2.28. The first-order chi connectivity index (χ1) is 13.5. The fraction of sp³-hybridized carbons (Fsp3) is 0.571. The average Bonchev–Trinajstić information content (AvgIpc) is 3.04. The van der Waals surface area contributed by atoms with E-state index in [2.05, 4.69) is 13.8 Å². The lowest BCUT2D eigenvalue weighted by Crippen LogP contribution is -2.42. The van der Waals surface area contributed by atoms with Gasteiger partial charge < -0.3 is 14.2 Å². The van der Waals surface area contributed by atoms with Gasteiger partial charge >= 0.3 is 5.97 Å². The molecule has 1 aliphatic heterocycles. The van der Waals surface area contributed by atoms with Crippen LogP contribution in [0.1, 0.15) is 33.6 Å². The highest BCUT2D eigenvalue weighted by Crippen LogP contribution is 2.26. The van der Waals surface area contributed by atoms with E-state index in [-0.39, 0.29) is 24.3 Å². The van der Waals surface area contributed by atoms with Crippen molar-refractivity contribution in [3.63, 3.8) is 0 Å². The number of benzene rings is 1. The van der Waals surface area contributed by atoms with Crippen LogP contribution in [0.3, 0.4) is 0 Å². The van der Waals surface area contributed by atoms with Crippen LogP contribution in [-0.4, -0.2) is 51.8 Å². The highest BCUT2D eigenvalue weighted by atomic mass is 32.2. The minimum absolute atomic E-state index is 0.0804. The molecule has 0 aliphatic carbocycles. The molecule has 0 radical (unpaired) electrons. The second-order valence-corrected chi connectivity index (χ2v) is 8.57. The molecule has 1 amide bonds. The third kappa shape index (κ3) is 4.87. The van der Waals surface area contributed by atoms with Crippen molar-refractivity contribution in [2.45, 2.75) is 45.3 Å². The normalized spacial score (nSPS) is 15.4. The molecule has 1 aromatic carbocycles. The lowest BCUT2D eigenvalue weighted by Gasteiger charge is -2.31. The van der Waals surface area contributed by atoms with E-state index in [4.69, 9.17) is 9.72 Å². The molecule has 1 aliphatic rings. The lowest BCUT2D eigenvalue weighted by molar-refractivity contribution is -0.151. The average molecular weight is 404 g/mol. The molecule has 7 heteroatoms. The summed E-state index contributed by atoms with van der Waals surface area (Å²) < 4.78 is 7.14. The van der Waals surface area contributed by atoms with Crippen molar-refractivity contribution in [1.29, 1.82) is 0 Å². The zero-order valence-corrected chi connectivity index (χ0v) is 17.7. The Bertz CT molecular complexity index is 825. The summed E-state index contributed by atoms with van der Waals surface area (Å²) in [6.07, 6.45) is 1.34. The number of imidazole rings is 1. The first-order valence-electron chi connectivity index (χ1n) is 10.0. The van der Waals surface area contributed by atoms with Gasteiger partial charge in [-0.2, -0.15) is 0 Å². The molecule has 0 N–H and O–H groups in total. The van der Waals surface area contributed by atoms with Gasteiger partial charge in [0.05, 0.1) is 23.6 Å². The molecule has 1 aromatic heterocycles. The van der Waals surface area contributed by atoms with Crippen molar-refractivity contribution in [2.24, 2.45) is 11.8 Å². The molecule has 0 atom stereocenters. The van der Waals surface area contributed by atoms with E-state index < -0.39 is 0 Å². The highest BCUT2D eigenvalue weighted by molar-refractivity contribution is 7.99. The molecule has 1 fully saturated rings. The van der Waals surface area contributed by atoms with Crippen molar-refractivity contribution < 1.29 is 14.3 Å². The number of carbonyl (C=O) groups is 2. The molecule has 2 aromatic rings. The number of thioether (sulfide) groups is 1. The SMILES string of the molecule is CCOC(=O)C1CCN(C(=O)Cn2c(SCC(C)C)nc3ccccc32)CC1. The molecule has 0 saturated carbocycles. The molecular weight excluding hydrogens is 374 g/mol. The Morgan fingerprint density at radius 2 is 1.96 bits per heavy atom. The molecule has 0 bridgehead atoms. The first-order valence-corrected chi connectivity index (χ1v) is 11.0. The fourth-order valence-electron chi connectivity index (χ4n) is 3.42. The number of rotatable bonds is 7. The van der Waals surface area contributed by atoms with Crippen molar-refractivity contribution in [1.82, 2.24) is 14.5 Å². The number of nitrogens with zero attached hydrogens (tertiary/aromatic N) is 3. The van der Waals surface area contributed by atoms with Crippen molar-refractivity contribution in [3.8, 4) is 0 Å². The fourth-order valence-corrected chi connectivity index (χ4v) is 4.38. The smallest absolute Gasteiger partial charge is 0.309 e. The van der Waals surface area contributed by atoms with Gasteiger partial charge in [0.25, 0.3) is 0 Å². The Morgan fingerprint density at radius 1 is 1.25 bits per heavy atom. The second kappa shape index (κ2) is 9.45. The number of ether oxygens (including phenoxy) is 1. The minimum atomic E-state index is -0.137. The van der Waals surface area contributed by atoms with Gasteiger partial charge in [0.1, 0.15) is 6.54 Å². The largest absolute Gasteiger partial charge is 0.466 e. The van der Waals surface area contributed by atoms with Crippen LogP contribution in [-0.2, 0) is 20.9 Å². The summed E-state index contributed by atoms with van der Waals surface area (Å²) in [6, 6.07) is 7.95. The summed E-state index contributed by atoms with van der Waals surface area (Å²) in [6.45, 7) is 8.07. The van der Waals surface area contributed by atoms with Gasteiger partial charge in [-0.05, 0) is 37.8 Å². The Labute approximate surface area is 170 Å². The predicted molar refractivity (Wildman–Crippen MR) is 111 cm³/mol. The number of carbonyl (C=O) groups excluding carboxylic acids is 2. The van der Waals surface area contributed by atoms with Crippen LogP contribution in [0.2, 0.25) is 0 Å². The molecular formula is C21H29N3O3S. The van der Waals surface area contributed by atoms with Crippen LogP contribution in [0, 0.1) is 11.8 Å². The third-order valence-electron chi connectivity index (χ3n) is 4.93. The summed E-state index contributed by atoms with van der Waals surface area (Å²) in [5.41, 5.74) is 1.91. The summed E-state index contributed by atoms with van der Waals surface area (Å²) >= 11 is 1.70. The van der Waals surface area contributed by atoms with E-state index in [1.807, 2.05) is 40.7 Å². The Balaban J connectivity index is 1.69. The molecule has 3 rings (SSSR count). The number of para-hydroxylation sites is 2. The molecule has 2 heterocycles. The van der Waals surface area contributed by atoms with Gasteiger partial charge in [0.15, 0.2) is 5.16 Å².